The van der Waals surface area contributed by atoms with E-state index in [0.717, 1.165) is 18.7 Å². The summed E-state index contributed by atoms with van der Waals surface area (Å²) < 4.78 is 1.60. The molecule has 0 radical (unpaired) electrons. The summed E-state index contributed by atoms with van der Waals surface area (Å²) in [6.45, 7) is 0. The highest BCUT2D eigenvalue weighted by atomic mass is 35.5. The Morgan fingerprint density at radius 1 is 1.20 bits per heavy atom. The van der Waals surface area contributed by atoms with E-state index in [0.29, 0.717) is 35.2 Å². The summed E-state index contributed by atoms with van der Waals surface area (Å²) >= 11 is 6.28. The molecule has 2 aliphatic carbocycles. The number of nitrogens with zero attached hydrogens (tertiary/aromatic N) is 4. The first kappa shape index (κ1) is 16.0. The first-order chi connectivity index (χ1) is 12.0. The van der Waals surface area contributed by atoms with Gasteiger partial charge < -0.3 is 10.4 Å². The molecule has 2 fully saturated rings. The number of halogens is 1. The molecule has 2 atom stereocenters. The van der Waals surface area contributed by atoms with Gasteiger partial charge in [0.25, 0.3) is 0 Å². The number of aliphatic carboxylic acids is 1. The fourth-order valence-corrected chi connectivity index (χ4v) is 3.26. The third-order valence-corrected chi connectivity index (χ3v) is 5.13. The van der Waals surface area contributed by atoms with Crippen LogP contribution in [-0.2, 0) is 9.59 Å². The monoisotopic (exact) mass is 361 g/mol. The number of tetrazole rings is 1. The van der Waals surface area contributed by atoms with Crippen molar-refractivity contribution in [2.24, 2.45) is 11.8 Å². The van der Waals surface area contributed by atoms with Crippen LogP contribution in [0.25, 0.3) is 5.69 Å². The topological polar surface area (TPSA) is 110 Å². The molecule has 0 spiro atoms. The average Bonchev–Trinajstić information content (AvgIpc) is 3.25. The first-order valence-corrected chi connectivity index (χ1v) is 8.54. The Labute approximate surface area is 148 Å². The summed E-state index contributed by atoms with van der Waals surface area (Å²) in [5, 5.41) is 24.1. The fraction of sp³-hybridized carbons (Fsp3) is 0.438. The van der Waals surface area contributed by atoms with Crippen molar-refractivity contribution >= 4 is 29.2 Å². The van der Waals surface area contributed by atoms with E-state index in [1.165, 1.54) is 0 Å². The number of carboxylic acids is 1. The zero-order chi connectivity index (χ0) is 17.6. The van der Waals surface area contributed by atoms with Crippen molar-refractivity contribution in [3.63, 3.8) is 0 Å². The lowest BCUT2D eigenvalue weighted by molar-refractivity contribution is -0.151. The van der Waals surface area contributed by atoms with E-state index in [2.05, 4.69) is 20.8 Å². The van der Waals surface area contributed by atoms with Crippen LogP contribution < -0.4 is 5.32 Å². The summed E-state index contributed by atoms with van der Waals surface area (Å²) in [7, 11) is 0. The number of amides is 1. The molecule has 0 aliphatic heterocycles. The van der Waals surface area contributed by atoms with E-state index in [1.807, 2.05) is 0 Å². The Kier molecular flexibility index (Phi) is 3.91. The molecule has 2 aliphatic rings. The number of carbonyl (C=O) groups excluding carboxylic acids is 1. The molecule has 0 bridgehead atoms. The third kappa shape index (κ3) is 2.97. The number of carbonyl (C=O) groups is 2. The second-order valence-corrected chi connectivity index (χ2v) is 6.91. The normalized spacial score (nSPS) is 22.3. The highest BCUT2D eigenvalue weighted by Gasteiger charge is 2.41. The molecule has 1 heterocycles. The van der Waals surface area contributed by atoms with Gasteiger partial charge in [-0.15, -0.1) is 5.10 Å². The summed E-state index contributed by atoms with van der Waals surface area (Å²) in [5.41, 5.74) is 1.13. The minimum atomic E-state index is -0.925. The summed E-state index contributed by atoms with van der Waals surface area (Å²) in [4.78, 5) is 23.4. The van der Waals surface area contributed by atoms with Crippen LogP contribution in [-0.4, -0.2) is 37.2 Å². The number of rotatable bonds is 5. The smallest absolute Gasteiger partial charge is 0.307 e. The van der Waals surface area contributed by atoms with Crippen LogP contribution in [0.3, 0.4) is 0 Å². The molecule has 2 N–H and O–H groups in total. The summed E-state index contributed by atoms with van der Waals surface area (Å²) in [6.07, 6.45) is 3.22. The van der Waals surface area contributed by atoms with Crippen molar-refractivity contribution in [1.82, 2.24) is 20.2 Å². The van der Waals surface area contributed by atoms with Gasteiger partial charge in [-0.25, -0.2) is 0 Å². The zero-order valence-electron chi connectivity index (χ0n) is 13.2. The van der Waals surface area contributed by atoms with Crippen LogP contribution in [0.2, 0.25) is 5.02 Å². The second-order valence-electron chi connectivity index (χ2n) is 6.51. The Morgan fingerprint density at radius 3 is 2.60 bits per heavy atom. The predicted molar refractivity (Wildman–Crippen MR) is 88.6 cm³/mol. The van der Waals surface area contributed by atoms with Crippen LogP contribution in [0.5, 0.6) is 0 Å². The van der Waals surface area contributed by atoms with E-state index >= 15 is 0 Å². The van der Waals surface area contributed by atoms with Gasteiger partial charge in [0.05, 0.1) is 22.5 Å². The van der Waals surface area contributed by atoms with Crippen LogP contribution in [0.15, 0.2) is 18.2 Å². The number of nitrogens with one attached hydrogen (secondary N) is 1. The molecule has 1 amide bonds. The van der Waals surface area contributed by atoms with Crippen molar-refractivity contribution in [2.45, 2.75) is 31.6 Å². The first-order valence-electron chi connectivity index (χ1n) is 8.16. The Balaban J connectivity index is 1.56. The zero-order valence-corrected chi connectivity index (χ0v) is 14.0. The average molecular weight is 362 g/mol. The number of carboxylic acid groups (broad SMARTS) is 1. The Bertz CT molecular complexity index is 848. The molecule has 130 valence electrons. The predicted octanol–water partition coefficient (Wildman–Crippen LogP) is 2.24. The van der Waals surface area contributed by atoms with Gasteiger partial charge >= 0.3 is 5.97 Å². The molecule has 2 unspecified atom stereocenters. The minimum absolute atomic E-state index is 0.286. The molecule has 8 nitrogen and oxygen atoms in total. The van der Waals surface area contributed by atoms with Gasteiger partial charge in [-0.3, -0.25) is 9.59 Å². The van der Waals surface area contributed by atoms with E-state index < -0.39 is 17.8 Å². The van der Waals surface area contributed by atoms with Crippen LogP contribution >= 0.6 is 11.6 Å². The van der Waals surface area contributed by atoms with Gasteiger partial charge in [0.15, 0.2) is 5.82 Å². The molecule has 9 heteroatoms. The van der Waals surface area contributed by atoms with Gasteiger partial charge in [-0.2, -0.15) is 4.68 Å². The van der Waals surface area contributed by atoms with Crippen LogP contribution in [0.4, 0.5) is 5.69 Å². The lowest BCUT2D eigenvalue weighted by Gasteiger charge is -2.31. The summed E-state index contributed by atoms with van der Waals surface area (Å²) in [5.74, 6) is -1.21. The number of hydrogen-bond acceptors (Lipinski definition) is 5. The van der Waals surface area contributed by atoms with Gasteiger partial charge in [0.1, 0.15) is 0 Å². The molecule has 4 rings (SSSR count). The quantitative estimate of drug-likeness (QED) is 0.845. The minimum Gasteiger partial charge on any atom is -0.481 e. The standard InChI is InChI=1S/C16H16ClN5O3/c17-12-6-3-9(18-15(23)10-4-5-11(10)16(24)25)7-13(12)22-14(8-1-2-8)19-20-21-22/h3,6-8,10-11H,1-2,4-5H2,(H,18,23)(H,24,25). The van der Waals surface area contributed by atoms with Crippen molar-refractivity contribution in [3.8, 4) is 5.69 Å². The molecule has 25 heavy (non-hydrogen) atoms. The van der Waals surface area contributed by atoms with E-state index in [4.69, 9.17) is 16.7 Å². The fourth-order valence-electron chi connectivity index (χ4n) is 3.06. The van der Waals surface area contributed by atoms with Crippen molar-refractivity contribution in [1.29, 1.82) is 0 Å². The van der Waals surface area contributed by atoms with E-state index in [1.54, 1.807) is 22.9 Å². The van der Waals surface area contributed by atoms with Crippen molar-refractivity contribution in [2.75, 3.05) is 5.32 Å². The lowest BCUT2D eigenvalue weighted by Crippen LogP contribution is -2.41. The highest BCUT2D eigenvalue weighted by molar-refractivity contribution is 6.32. The number of hydrogen-bond donors (Lipinski definition) is 2. The molecule has 2 aromatic rings. The third-order valence-electron chi connectivity index (χ3n) is 4.81. The highest BCUT2D eigenvalue weighted by Crippen LogP contribution is 2.40. The number of benzene rings is 1. The molecular formula is C16H16ClN5O3. The molecule has 1 aromatic carbocycles. The largest absolute Gasteiger partial charge is 0.481 e. The van der Waals surface area contributed by atoms with Gasteiger partial charge in [0, 0.05) is 11.6 Å². The molecule has 2 saturated carbocycles. The lowest BCUT2D eigenvalue weighted by atomic mass is 9.73. The Hall–Kier alpha value is -2.48. The number of aromatic nitrogens is 4. The SMILES string of the molecule is O=C(O)C1CCC1C(=O)Nc1ccc(Cl)c(-n2nnnc2C2CC2)c1. The van der Waals surface area contributed by atoms with Crippen LogP contribution in [0, 0.1) is 11.8 Å². The maximum atomic E-state index is 12.3. The molecular weight excluding hydrogens is 346 g/mol. The van der Waals surface area contributed by atoms with Crippen LogP contribution in [0.1, 0.15) is 37.4 Å². The second kappa shape index (κ2) is 6.11. The van der Waals surface area contributed by atoms with E-state index in [9.17, 15) is 9.59 Å². The summed E-state index contributed by atoms with van der Waals surface area (Å²) in [6, 6.07) is 5.05. The van der Waals surface area contributed by atoms with Crippen molar-refractivity contribution < 1.29 is 14.7 Å². The van der Waals surface area contributed by atoms with E-state index in [-0.39, 0.29) is 5.91 Å². The maximum absolute atomic E-state index is 12.3. The van der Waals surface area contributed by atoms with Crippen molar-refractivity contribution in [3.05, 3.63) is 29.0 Å². The van der Waals surface area contributed by atoms with Gasteiger partial charge in [0.2, 0.25) is 5.91 Å². The van der Waals surface area contributed by atoms with Gasteiger partial charge in [-0.1, -0.05) is 11.6 Å². The molecule has 0 saturated heterocycles. The Morgan fingerprint density at radius 2 is 1.96 bits per heavy atom. The maximum Gasteiger partial charge on any atom is 0.307 e. The number of anilines is 1. The van der Waals surface area contributed by atoms with Gasteiger partial charge in [-0.05, 0) is 54.3 Å². The molecule has 1 aromatic heterocycles.